The van der Waals surface area contributed by atoms with Crippen LogP contribution in [0.1, 0.15) is 33.1 Å². The molecule has 0 aromatic carbocycles. The van der Waals surface area contributed by atoms with Crippen LogP contribution in [0, 0.1) is 11.8 Å². The molecule has 1 atom stereocenters. The van der Waals surface area contributed by atoms with E-state index in [-0.39, 0.29) is 16.1 Å². The fourth-order valence-electron chi connectivity index (χ4n) is 1.42. The second-order valence-corrected chi connectivity index (χ2v) is 4.95. The maximum Gasteiger partial charge on any atom is 0.324 e. The van der Waals surface area contributed by atoms with E-state index in [1.807, 2.05) is 0 Å². The normalized spacial score (nSPS) is 12.6. The molecular weight excluding hydrogens is 297 g/mol. The molecular formula is C9H16INO3. The van der Waals surface area contributed by atoms with Crippen molar-refractivity contribution in [2.24, 2.45) is 17.7 Å². The minimum Gasteiger partial charge on any atom is -0.373 e. The SMILES string of the molecule is CC(C)C[C@H](CC(=O)I)CC(=O)ON. The molecule has 0 saturated heterocycles. The van der Waals surface area contributed by atoms with Crippen molar-refractivity contribution in [1.29, 1.82) is 0 Å². The smallest absolute Gasteiger partial charge is 0.324 e. The lowest BCUT2D eigenvalue weighted by Crippen LogP contribution is -2.17. The molecule has 0 rings (SSSR count). The zero-order valence-corrected chi connectivity index (χ0v) is 10.6. The van der Waals surface area contributed by atoms with Crippen LogP contribution in [0.5, 0.6) is 0 Å². The second kappa shape index (κ2) is 7.17. The first-order valence-electron chi connectivity index (χ1n) is 4.53. The quantitative estimate of drug-likeness (QED) is 0.461. The Balaban J connectivity index is 4.09. The fraction of sp³-hybridized carbons (Fsp3) is 0.778. The van der Waals surface area contributed by atoms with E-state index < -0.39 is 5.97 Å². The van der Waals surface area contributed by atoms with E-state index in [1.165, 1.54) is 0 Å². The highest BCUT2D eigenvalue weighted by Crippen LogP contribution is 2.21. The predicted molar refractivity (Wildman–Crippen MR) is 61.5 cm³/mol. The summed E-state index contributed by atoms with van der Waals surface area (Å²) in [5.74, 6) is 4.81. The fourth-order valence-corrected chi connectivity index (χ4v) is 2.04. The molecule has 0 unspecified atom stereocenters. The first kappa shape index (κ1) is 13.8. The summed E-state index contributed by atoms with van der Waals surface area (Å²) < 4.78 is 0.0677. The summed E-state index contributed by atoms with van der Waals surface area (Å²) in [6.07, 6.45) is 1.47. The average Bonchev–Trinajstić information content (AvgIpc) is 2.01. The Morgan fingerprint density at radius 2 is 1.93 bits per heavy atom. The van der Waals surface area contributed by atoms with Gasteiger partial charge in [-0.3, -0.25) is 9.59 Å². The standard InChI is InChI=1S/C9H16INO3/c1-6(2)3-7(4-8(10)12)5-9(13)14-11/h6-7H,3-5,11H2,1-2H3/t7-/m1/s1. The second-order valence-electron chi connectivity index (χ2n) is 3.75. The van der Waals surface area contributed by atoms with Crippen molar-refractivity contribution in [2.45, 2.75) is 33.1 Å². The highest BCUT2D eigenvalue weighted by atomic mass is 127. The van der Waals surface area contributed by atoms with E-state index in [0.717, 1.165) is 6.42 Å². The lowest BCUT2D eigenvalue weighted by molar-refractivity contribution is -0.145. The monoisotopic (exact) mass is 313 g/mol. The van der Waals surface area contributed by atoms with E-state index >= 15 is 0 Å². The number of halogens is 1. The molecule has 2 N–H and O–H groups in total. The molecule has 14 heavy (non-hydrogen) atoms. The topological polar surface area (TPSA) is 69.4 Å². The summed E-state index contributed by atoms with van der Waals surface area (Å²) in [6, 6.07) is 0. The van der Waals surface area contributed by atoms with E-state index in [2.05, 4.69) is 18.7 Å². The van der Waals surface area contributed by atoms with Gasteiger partial charge in [-0.1, -0.05) is 13.8 Å². The molecule has 0 aliphatic carbocycles. The minimum absolute atomic E-state index is 0.0513. The molecule has 0 aliphatic heterocycles. The number of rotatable bonds is 6. The summed E-state index contributed by atoms with van der Waals surface area (Å²) in [5.41, 5.74) is 0. The molecule has 0 bridgehead atoms. The first-order chi connectivity index (χ1) is 6.45. The van der Waals surface area contributed by atoms with Gasteiger partial charge in [0.1, 0.15) is 0 Å². The first-order valence-corrected chi connectivity index (χ1v) is 5.61. The van der Waals surface area contributed by atoms with Crippen LogP contribution >= 0.6 is 22.6 Å². The van der Waals surface area contributed by atoms with Gasteiger partial charge < -0.3 is 4.84 Å². The highest BCUT2D eigenvalue weighted by Gasteiger charge is 2.18. The van der Waals surface area contributed by atoms with Crippen molar-refractivity contribution in [3.63, 3.8) is 0 Å². The summed E-state index contributed by atoms with van der Waals surface area (Å²) in [5, 5.41) is 0. The third-order valence-corrected chi connectivity index (χ3v) is 2.28. The Morgan fingerprint density at radius 3 is 2.29 bits per heavy atom. The van der Waals surface area contributed by atoms with Gasteiger partial charge in [-0.25, -0.2) is 0 Å². The Kier molecular flexibility index (Phi) is 7.08. The number of hydrogen-bond acceptors (Lipinski definition) is 4. The van der Waals surface area contributed by atoms with Crippen LogP contribution < -0.4 is 5.90 Å². The molecule has 5 heteroatoms. The van der Waals surface area contributed by atoms with E-state index in [1.54, 1.807) is 22.6 Å². The van der Waals surface area contributed by atoms with Gasteiger partial charge in [-0.05, 0) is 40.8 Å². The molecule has 0 aromatic heterocycles. The zero-order valence-electron chi connectivity index (χ0n) is 8.46. The zero-order chi connectivity index (χ0) is 11.1. The summed E-state index contributed by atoms with van der Waals surface area (Å²) in [4.78, 5) is 25.9. The summed E-state index contributed by atoms with van der Waals surface area (Å²) in [7, 11) is 0. The maximum absolute atomic E-state index is 10.9. The number of carbonyl (C=O) groups excluding carboxylic acids is 2. The van der Waals surface area contributed by atoms with Gasteiger partial charge in [0.15, 0.2) is 3.79 Å². The van der Waals surface area contributed by atoms with Crippen LogP contribution in [0.25, 0.3) is 0 Å². The van der Waals surface area contributed by atoms with Crippen molar-refractivity contribution in [3.05, 3.63) is 0 Å². The molecule has 0 spiro atoms. The summed E-state index contributed by atoms with van der Waals surface area (Å²) >= 11 is 1.74. The van der Waals surface area contributed by atoms with Crippen LogP contribution in [-0.4, -0.2) is 9.76 Å². The lowest BCUT2D eigenvalue weighted by atomic mass is 9.92. The average molecular weight is 313 g/mol. The van der Waals surface area contributed by atoms with Gasteiger partial charge in [0, 0.05) is 6.42 Å². The van der Waals surface area contributed by atoms with E-state index in [4.69, 9.17) is 5.90 Å². The molecule has 0 saturated carbocycles. The third-order valence-electron chi connectivity index (χ3n) is 1.84. The lowest BCUT2D eigenvalue weighted by Gasteiger charge is -2.15. The Hall–Kier alpha value is -0.170. The van der Waals surface area contributed by atoms with Gasteiger partial charge in [0.25, 0.3) is 0 Å². The van der Waals surface area contributed by atoms with Gasteiger partial charge in [0.2, 0.25) is 0 Å². The predicted octanol–water partition coefficient (Wildman–Crippen LogP) is 1.81. The largest absolute Gasteiger partial charge is 0.373 e. The number of carbonyl (C=O) groups is 2. The van der Waals surface area contributed by atoms with Gasteiger partial charge in [-0.2, -0.15) is 5.90 Å². The van der Waals surface area contributed by atoms with E-state index in [9.17, 15) is 9.59 Å². The molecule has 82 valence electrons. The van der Waals surface area contributed by atoms with Crippen LogP contribution in [0.2, 0.25) is 0 Å². The van der Waals surface area contributed by atoms with Crippen molar-refractivity contribution in [3.8, 4) is 0 Å². The minimum atomic E-state index is -0.451. The van der Waals surface area contributed by atoms with Crippen molar-refractivity contribution in [1.82, 2.24) is 0 Å². The van der Waals surface area contributed by atoms with Gasteiger partial charge >= 0.3 is 5.97 Å². The summed E-state index contributed by atoms with van der Waals surface area (Å²) in [6.45, 7) is 4.11. The molecule has 0 aromatic rings. The van der Waals surface area contributed by atoms with Crippen molar-refractivity contribution < 1.29 is 14.4 Å². The molecule has 0 aliphatic rings. The van der Waals surface area contributed by atoms with Crippen LogP contribution in [0.4, 0.5) is 0 Å². The maximum atomic E-state index is 10.9. The molecule has 0 radical (unpaired) electrons. The van der Waals surface area contributed by atoms with Crippen molar-refractivity contribution >= 4 is 32.4 Å². The van der Waals surface area contributed by atoms with Crippen LogP contribution in [0.3, 0.4) is 0 Å². The molecule has 0 heterocycles. The Labute approximate surface area is 97.7 Å². The van der Waals surface area contributed by atoms with E-state index in [0.29, 0.717) is 12.3 Å². The highest BCUT2D eigenvalue weighted by molar-refractivity contribution is 14.1. The third kappa shape index (κ3) is 7.25. The number of nitrogens with two attached hydrogens (primary N) is 1. The van der Waals surface area contributed by atoms with Gasteiger partial charge in [0.05, 0.1) is 6.42 Å². The van der Waals surface area contributed by atoms with Crippen LogP contribution in [0.15, 0.2) is 0 Å². The number of hydrogen-bond donors (Lipinski definition) is 1. The van der Waals surface area contributed by atoms with Crippen molar-refractivity contribution in [2.75, 3.05) is 0 Å². The van der Waals surface area contributed by atoms with Crippen LogP contribution in [-0.2, 0) is 14.4 Å². The molecule has 4 nitrogen and oxygen atoms in total. The Bertz CT molecular complexity index is 206. The Morgan fingerprint density at radius 1 is 1.36 bits per heavy atom. The molecule has 0 amide bonds. The van der Waals surface area contributed by atoms with Gasteiger partial charge in [-0.15, -0.1) is 0 Å². The molecule has 0 fully saturated rings.